The molecule has 1 unspecified atom stereocenters. The van der Waals surface area contributed by atoms with Crippen molar-refractivity contribution in [1.29, 1.82) is 0 Å². The van der Waals surface area contributed by atoms with E-state index in [2.05, 4.69) is 62.8 Å². The van der Waals surface area contributed by atoms with Crippen LogP contribution in [-0.4, -0.2) is 93.5 Å². The van der Waals surface area contributed by atoms with Gasteiger partial charge in [0, 0.05) is 59.4 Å². The van der Waals surface area contributed by atoms with Crippen LogP contribution in [0.2, 0.25) is 0 Å². The molecule has 0 radical (unpaired) electrons. The van der Waals surface area contributed by atoms with Gasteiger partial charge in [0.2, 0.25) is 5.91 Å². The highest BCUT2D eigenvalue weighted by Crippen LogP contribution is 2.24. The molecule has 1 aromatic rings. The average molecular weight is 389 g/mol. The van der Waals surface area contributed by atoms with Gasteiger partial charge >= 0.3 is 0 Å². The largest absolute Gasteiger partial charge is 0.357 e. The van der Waals surface area contributed by atoms with E-state index in [0.29, 0.717) is 12.0 Å². The highest BCUT2D eigenvalue weighted by atomic mass is 16.2. The number of likely N-dealkylation sites (N-methyl/N-ethyl adjacent to an activating group) is 2. The number of hydrogen-bond acceptors (Lipinski definition) is 4. The van der Waals surface area contributed by atoms with Gasteiger partial charge in [-0.1, -0.05) is 30.3 Å². The molecule has 7 heteroatoms. The quantitative estimate of drug-likeness (QED) is 0.395. The normalized spacial score (nSPS) is 18.7. The van der Waals surface area contributed by atoms with Gasteiger partial charge in [-0.3, -0.25) is 9.69 Å². The summed E-state index contributed by atoms with van der Waals surface area (Å²) in [5, 5.41) is 6.55. The Morgan fingerprint density at radius 2 is 1.96 bits per heavy atom. The smallest absolute Gasteiger partial charge is 0.243 e. The van der Waals surface area contributed by atoms with Crippen LogP contribution in [0.3, 0.4) is 0 Å². The van der Waals surface area contributed by atoms with Gasteiger partial charge in [0.15, 0.2) is 5.96 Å². The maximum Gasteiger partial charge on any atom is 0.243 e. The third kappa shape index (κ3) is 7.13. The second-order valence-electron chi connectivity index (χ2n) is 7.49. The number of piperazine rings is 1. The minimum atomic E-state index is 0.000317. The predicted octanol–water partition coefficient (Wildman–Crippen LogP) is 1.01. The summed E-state index contributed by atoms with van der Waals surface area (Å²) >= 11 is 0. The first-order valence-corrected chi connectivity index (χ1v) is 10.2. The Bertz CT molecular complexity index is 619. The van der Waals surface area contributed by atoms with Crippen LogP contribution in [0.25, 0.3) is 0 Å². The van der Waals surface area contributed by atoms with Gasteiger partial charge in [0.25, 0.3) is 0 Å². The number of guanidine groups is 1. The number of aliphatic imine (C=N–C) groups is 1. The molecule has 1 heterocycles. The summed E-state index contributed by atoms with van der Waals surface area (Å²) in [5.41, 5.74) is 1.39. The predicted molar refractivity (Wildman–Crippen MR) is 116 cm³/mol. The van der Waals surface area contributed by atoms with E-state index in [1.165, 1.54) is 5.56 Å². The number of carbonyl (C=O) groups excluding carboxylic acids is 1. The van der Waals surface area contributed by atoms with Crippen molar-refractivity contribution in [2.75, 3.05) is 67.0 Å². The van der Waals surface area contributed by atoms with Crippen molar-refractivity contribution >= 4 is 11.9 Å². The monoisotopic (exact) mass is 388 g/mol. The summed E-state index contributed by atoms with van der Waals surface area (Å²) in [6.45, 7) is 8.09. The zero-order valence-electron chi connectivity index (χ0n) is 17.8. The Morgan fingerprint density at radius 3 is 2.64 bits per heavy atom. The molecule has 1 fully saturated rings. The molecule has 1 aliphatic rings. The molecule has 0 bridgehead atoms. The van der Waals surface area contributed by atoms with Crippen LogP contribution in [0.1, 0.15) is 24.9 Å². The molecule has 0 aromatic heterocycles. The minimum Gasteiger partial charge on any atom is -0.357 e. The first kappa shape index (κ1) is 22.2. The second kappa shape index (κ2) is 11.7. The van der Waals surface area contributed by atoms with Gasteiger partial charge in [-0.15, -0.1) is 0 Å². The molecule has 1 aromatic carbocycles. The Morgan fingerprint density at radius 1 is 1.21 bits per heavy atom. The van der Waals surface area contributed by atoms with Gasteiger partial charge in [0.05, 0.1) is 0 Å². The SMILES string of the molecule is CCNC(=NCC(=O)N(C)C)NCCCN1CCN(C)CC1c1ccccc1. The molecule has 7 nitrogen and oxygen atoms in total. The highest BCUT2D eigenvalue weighted by molar-refractivity contribution is 5.84. The number of carbonyl (C=O) groups is 1. The number of rotatable bonds is 8. The van der Waals surface area contributed by atoms with Crippen molar-refractivity contribution in [2.45, 2.75) is 19.4 Å². The molecule has 1 saturated heterocycles. The summed E-state index contributed by atoms with van der Waals surface area (Å²) in [6.07, 6.45) is 1.03. The first-order valence-electron chi connectivity index (χ1n) is 10.2. The molecule has 156 valence electrons. The lowest BCUT2D eigenvalue weighted by atomic mass is 10.0. The Labute approximate surface area is 169 Å². The molecule has 2 N–H and O–H groups in total. The number of hydrogen-bond donors (Lipinski definition) is 2. The van der Waals surface area contributed by atoms with Crippen molar-refractivity contribution in [1.82, 2.24) is 25.3 Å². The topological polar surface area (TPSA) is 63.2 Å². The van der Waals surface area contributed by atoms with E-state index in [1.807, 2.05) is 6.92 Å². The van der Waals surface area contributed by atoms with E-state index in [9.17, 15) is 4.79 Å². The summed E-state index contributed by atoms with van der Waals surface area (Å²) in [4.78, 5) is 22.7. The lowest BCUT2D eigenvalue weighted by Crippen LogP contribution is -2.47. The lowest BCUT2D eigenvalue weighted by Gasteiger charge is -2.40. The standard InChI is InChI=1S/C21H36N6O/c1-5-22-21(24-16-20(28)25(2)3)23-12-9-13-27-15-14-26(4)17-19(27)18-10-7-6-8-11-18/h6-8,10-11,19H,5,9,12-17H2,1-4H3,(H2,22,23,24). The van der Waals surface area contributed by atoms with E-state index >= 15 is 0 Å². The highest BCUT2D eigenvalue weighted by Gasteiger charge is 2.25. The fourth-order valence-electron chi connectivity index (χ4n) is 3.33. The van der Waals surface area contributed by atoms with Crippen LogP contribution in [-0.2, 0) is 4.79 Å². The molecule has 0 saturated carbocycles. The van der Waals surface area contributed by atoms with Crippen molar-refractivity contribution in [3.8, 4) is 0 Å². The maximum atomic E-state index is 11.7. The number of benzene rings is 1. The zero-order valence-corrected chi connectivity index (χ0v) is 17.8. The van der Waals surface area contributed by atoms with E-state index < -0.39 is 0 Å². The second-order valence-corrected chi connectivity index (χ2v) is 7.49. The molecular weight excluding hydrogens is 352 g/mol. The number of amides is 1. The van der Waals surface area contributed by atoms with Crippen molar-refractivity contribution in [3.63, 3.8) is 0 Å². The molecule has 1 amide bonds. The van der Waals surface area contributed by atoms with Gasteiger partial charge in [-0.2, -0.15) is 0 Å². The van der Waals surface area contributed by atoms with Gasteiger partial charge < -0.3 is 20.4 Å². The van der Waals surface area contributed by atoms with Crippen LogP contribution in [0.4, 0.5) is 0 Å². The van der Waals surface area contributed by atoms with E-state index in [-0.39, 0.29) is 12.5 Å². The van der Waals surface area contributed by atoms with E-state index in [0.717, 1.165) is 45.7 Å². The third-order valence-electron chi connectivity index (χ3n) is 5.01. The van der Waals surface area contributed by atoms with Gasteiger partial charge in [-0.25, -0.2) is 4.99 Å². The van der Waals surface area contributed by atoms with Crippen molar-refractivity contribution < 1.29 is 4.79 Å². The fourth-order valence-corrected chi connectivity index (χ4v) is 3.33. The van der Waals surface area contributed by atoms with E-state index in [4.69, 9.17) is 0 Å². The van der Waals surface area contributed by atoms with Crippen molar-refractivity contribution in [3.05, 3.63) is 35.9 Å². The zero-order chi connectivity index (χ0) is 20.4. The molecule has 1 aliphatic heterocycles. The third-order valence-corrected chi connectivity index (χ3v) is 5.01. The van der Waals surface area contributed by atoms with E-state index in [1.54, 1.807) is 19.0 Å². The molecule has 28 heavy (non-hydrogen) atoms. The number of nitrogens with zero attached hydrogens (tertiary/aromatic N) is 4. The van der Waals surface area contributed by atoms with Gasteiger partial charge in [-0.05, 0) is 26.0 Å². The Kier molecular flexibility index (Phi) is 9.23. The average Bonchev–Trinajstić information content (AvgIpc) is 2.70. The van der Waals surface area contributed by atoms with Crippen molar-refractivity contribution in [2.24, 2.45) is 4.99 Å². The summed E-state index contributed by atoms with van der Waals surface area (Å²) < 4.78 is 0. The van der Waals surface area contributed by atoms with Gasteiger partial charge in [0.1, 0.15) is 6.54 Å². The number of nitrogens with one attached hydrogen (secondary N) is 2. The molecule has 2 rings (SSSR count). The summed E-state index contributed by atoms with van der Waals surface area (Å²) in [7, 11) is 5.69. The fraction of sp³-hybridized carbons (Fsp3) is 0.619. The van der Waals surface area contributed by atoms with Crippen LogP contribution >= 0.6 is 0 Å². The summed E-state index contributed by atoms with van der Waals surface area (Å²) in [6, 6.07) is 11.2. The molecule has 0 spiro atoms. The van der Waals surface area contributed by atoms with Crippen LogP contribution in [0.5, 0.6) is 0 Å². The molecule has 0 aliphatic carbocycles. The lowest BCUT2D eigenvalue weighted by molar-refractivity contribution is -0.127. The van der Waals surface area contributed by atoms with Crippen LogP contribution in [0.15, 0.2) is 35.3 Å². The molecular formula is C21H36N6O. The Balaban J connectivity index is 1.84. The summed E-state index contributed by atoms with van der Waals surface area (Å²) in [5.74, 6) is 0.705. The minimum absolute atomic E-state index is 0.000317. The van der Waals surface area contributed by atoms with Crippen LogP contribution in [0, 0.1) is 0 Å². The van der Waals surface area contributed by atoms with Crippen LogP contribution < -0.4 is 10.6 Å². The maximum absolute atomic E-state index is 11.7. The first-order chi connectivity index (χ1) is 13.5. The molecule has 1 atom stereocenters. The Hall–Kier alpha value is -2.12.